The van der Waals surface area contributed by atoms with Crippen LogP contribution in [0.5, 0.6) is 0 Å². The van der Waals surface area contributed by atoms with Crippen LogP contribution in [0.1, 0.15) is 43.0 Å². The maximum absolute atomic E-state index is 13.9. The number of nitrogens with zero attached hydrogens (tertiary/aromatic N) is 1. The highest BCUT2D eigenvalue weighted by Crippen LogP contribution is 2.39. The number of ether oxygens (including phenoxy) is 1. The van der Waals surface area contributed by atoms with Crippen molar-refractivity contribution in [2.45, 2.75) is 43.8 Å². The van der Waals surface area contributed by atoms with Gasteiger partial charge in [0.05, 0.1) is 23.4 Å². The van der Waals surface area contributed by atoms with E-state index in [1.54, 1.807) is 4.90 Å². The van der Waals surface area contributed by atoms with Gasteiger partial charge in [0.2, 0.25) is 0 Å². The van der Waals surface area contributed by atoms with Crippen LogP contribution in [0.2, 0.25) is 5.02 Å². The van der Waals surface area contributed by atoms with E-state index >= 15 is 0 Å². The molecule has 2 aliphatic heterocycles. The SMILES string of the molecule is CC1(O)CCOC2(CCN(C(=O)c3ccc(Cl)cc3F)CC2)C1. The van der Waals surface area contributed by atoms with Crippen molar-refractivity contribution in [1.29, 1.82) is 0 Å². The average Bonchev–Trinajstić information content (AvgIpc) is 2.46. The molecule has 1 aromatic carbocycles. The molecule has 1 atom stereocenters. The Morgan fingerprint density at radius 2 is 2.04 bits per heavy atom. The summed E-state index contributed by atoms with van der Waals surface area (Å²) in [6.45, 7) is 3.36. The Bertz CT molecular complexity index is 612. The number of piperidine rings is 1. The second-order valence-corrected chi connectivity index (χ2v) is 7.31. The number of hydrogen-bond acceptors (Lipinski definition) is 3. The molecule has 1 aromatic rings. The zero-order valence-electron chi connectivity index (χ0n) is 13.1. The van der Waals surface area contributed by atoms with Crippen LogP contribution >= 0.6 is 11.6 Å². The van der Waals surface area contributed by atoms with Gasteiger partial charge < -0.3 is 14.7 Å². The number of carbonyl (C=O) groups is 1. The summed E-state index contributed by atoms with van der Waals surface area (Å²) in [5.41, 5.74) is -1.04. The van der Waals surface area contributed by atoms with Crippen molar-refractivity contribution in [1.82, 2.24) is 4.90 Å². The molecule has 1 spiro atoms. The van der Waals surface area contributed by atoms with Crippen molar-refractivity contribution in [3.05, 3.63) is 34.6 Å². The van der Waals surface area contributed by atoms with Crippen LogP contribution in [0.25, 0.3) is 0 Å². The van der Waals surface area contributed by atoms with Crippen molar-refractivity contribution in [3.8, 4) is 0 Å². The highest BCUT2D eigenvalue weighted by Gasteiger charge is 2.45. The van der Waals surface area contributed by atoms with E-state index in [4.69, 9.17) is 16.3 Å². The van der Waals surface area contributed by atoms with Crippen molar-refractivity contribution in [2.75, 3.05) is 19.7 Å². The van der Waals surface area contributed by atoms with Gasteiger partial charge in [-0.05, 0) is 44.4 Å². The maximum Gasteiger partial charge on any atom is 0.256 e. The number of halogens is 2. The van der Waals surface area contributed by atoms with Gasteiger partial charge in [-0.3, -0.25) is 4.79 Å². The van der Waals surface area contributed by atoms with Crippen LogP contribution < -0.4 is 0 Å². The molecule has 1 unspecified atom stereocenters. The van der Waals surface area contributed by atoms with Crippen LogP contribution in [-0.4, -0.2) is 46.8 Å². The Morgan fingerprint density at radius 1 is 1.35 bits per heavy atom. The summed E-state index contributed by atoms with van der Waals surface area (Å²) in [4.78, 5) is 14.1. The first kappa shape index (κ1) is 16.7. The van der Waals surface area contributed by atoms with Gasteiger partial charge in [-0.15, -0.1) is 0 Å². The average molecular weight is 342 g/mol. The number of hydrogen-bond donors (Lipinski definition) is 1. The predicted molar refractivity (Wildman–Crippen MR) is 85.1 cm³/mol. The number of rotatable bonds is 1. The summed E-state index contributed by atoms with van der Waals surface area (Å²) in [6, 6.07) is 4.10. The number of benzene rings is 1. The van der Waals surface area contributed by atoms with E-state index in [-0.39, 0.29) is 22.1 Å². The Balaban J connectivity index is 1.68. The van der Waals surface area contributed by atoms with Crippen molar-refractivity contribution >= 4 is 17.5 Å². The van der Waals surface area contributed by atoms with Gasteiger partial charge in [-0.1, -0.05) is 11.6 Å². The summed E-state index contributed by atoms with van der Waals surface area (Å²) >= 11 is 5.73. The van der Waals surface area contributed by atoms with Crippen LogP contribution in [0.3, 0.4) is 0 Å². The molecule has 0 saturated carbocycles. The van der Waals surface area contributed by atoms with Crippen LogP contribution in [0, 0.1) is 5.82 Å². The fraction of sp³-hybridized carbons (Fsp3) is 0.588. The molecule has 4 nitrogen and oxygen atoms in total. The lowest BCUT2D eigenvalue weighted by Crippen LogP contribution is -2.54. The van der Waals surface area contributed by atoms with Gasteiger partial charge in [-0.25, -0.2) is 4.39 Å². The minimum Gasteiger partial charge on any atom is -0.390 e. The lowest BCUT2D eigenvalue weighted by molar-refractivity contribution is -0.170. The second kappa shape index (κ2) is 6.04. The van der Waals surface area contributed by atoms with E-state index in [9.17, 15) is 14.3 Å². The highest BCUT2D eigenvalue weighted by molar-refractivity contribution is 6.30. The van der Waals surface area contributed by atoms with Crippen LogP contribution in [0.4, 0.5) is 4.39 Å². The lowest BCUT2D eigenvalue weighted by atomic mass is 9.78. The smallest absolute Gasteiger partial charge is 0.256 e. The van der Waals surface area contributed by atoms with Crippen molar-refractivity contribution in [3.63, 3.8) is 0 Å². The van der Waals surface area contributed by atoms with E-state index in [0.29, 0.717) is 45.4 Å². The second-order valence-electron chi connectivity index (χ2n) is 6.87. The number of amides is 1. The van der Waals surface area contributed by atoms with Crippen molar-refractivity contribution < 1.29 is 19.0 Å². The van der Waals surface area contributed by atoms with Gasteiger partial charge in [0.15, 0.2) is 0 Å². The molecule has 0 radical (unpaired) electrons. The van der Waals surface area contributed by atoms with E-state index < -0.39 is 11.4 Å². The third-order valence-corrected chi connectivity index (χ3v) is 5.11. The minimum absolute atomic E-state index is 0.0434. The molecule has 1 amide bonds. The summed E-state index contributed by atoms with van der Waals surface area (Å²) in [7, 11) is 0. The maximum atomic E-state index is 13.9. The van der Waals surface area contributed by atoms with E-state index in [1.165, 1.54) is 12.1 Å². The predicted octanol–water partition coefficient (Wildman–Crippen LogP) is 3.02. The fourth-order valence-electron chi connectivity index (χ4n) is 3.59. The fourth-order valence-corrected chi connectivity index (χ4v) is 3.75. The summed E-state index contributed by atoms with van der Waals surface area (Å²) < 4.78 is 19.8. The molecule has 0 aromatic heterocycles. The molecule has 0 aliphatic carbocycles. The molecular weight excluding hydrogens is 321 g/mol. The minimum atomic E-state index is -0.716. The zero-order chi connectivity index (χ0) is 16.7. The largest absolute Gasteiger partial charge is 0.390 e. The monoisotopic (exact) mass is 341 g/mol. The van der Waals surface area contributed by atoms with Gasteiger partial charge >= 0.3 is 0 Å². The number of aliphatic hydroxyl groups is 1. The Morgan fingerprint density at radius 3 is 2.65 bits per heavy atom. The standard InChI is InChI=1S/C17H21ClFNO3/c1-16(22)6-9-23-17(11-16)4-7-20(8-5-17)15(21)13-3-2-12(18)10-14(13)19/h2-3,10,22H,4-9,11H2,1H3. The van der Waals surface area contributed by atoms with E-state index in [2.05, 4.69) is 0 Å². The van der Waals surface area contributed by atoms with Gasteiger partial charge in [0.25, 0.3) is 5.91 Å². The molecule has 1 N–H and O–H groups in total. The first-order valence-electron chi connectivity index (χ1n) is 7.91. The Kier molecular flexibility index (Phi) is 4.38. The molecule has 126 valence electrons. The van der Waals surface area contributed by atoms with Gasteiger partial charge in [0, 0.05) is 24.5 Å². The molecule has 2 aliphatic rings. The van der Waals surface area contributed by atoms with Crippen molar-refractivity contribution in [2.24, 2.45) is 0 Å². The van der Waals surface area contributed by atoms with Crippen LogP contribution in [-0.2, 0) is 4.74 Å². The van der Waals surface area contributed by atoms with Gasteiger partial charge in [-0.2, -0.15) is 0 Å². The zero-order valence-corrected chi connectivity index (χ0v) is 13.9. The van der Waals surface area contributed by atoms with Gasteiger partial charge in [0.1, 0.15) is 5.82 Å². The van der Waals surface area contributed by atoms with E-state index in [0.717, 1.165) is 6.07 Å². The Labute approximate surface area is 140 Å². The lowest BCUT2D eigenvalue weighted by Gasteiger charge is -2.48. The molecular formula is C17H21ClFNO3. The molecule has 3 rings (SSSR count). The topological polar surface area (TPSA) is 49.8 Å². The molecule has 2 saturated heterocycles. The number of carbonyl (C=O) groups excluding carboxylic acids is 1. The molecule has 6 heteroatoms. The quantitative estimate of drug-likeness (QED) is 0.854. The van der Waals surface area contributed by atoms with E-state index in [1.807, 2.05) is 6.92 Å². The third-order valence-electron chi connectivity index (χ3n) is 4.88. The Hall–Kier alpha value is -1.17. The summed E-state index contributed by atoms with van der Waals surface area (Å²) in [6.07, 6.45) is 2.53. The summed E-state index contributed by atoms with van der Waals surface area (Å²) in [5, 5.41) is 10.6. The third kappa shape index (κ3) is 3.52. The van der Waals surface area contributed by atoms with Crippen LogP contribution in [0.15, 0.2) is 18.2 Å². The molecule has 2 heterocycles. The molecule has 23 heavy (non-hydrogen) atoms. The molecule has 0 bridgehead atoms. The first-order valence-corrected chi connectivity index (χ1v) is 8.29. The first-order chi connectivity index (χ1) is 10.8. The summed E-state index contributed by atoms with van der Waals surface area (Å²) in [5.74, 6) is -0.920. The number of likely N-dealkylation sites (tertiary alicyclic amines) is 1. The highest BCUT2D eigenvalue weighted by atomic mass is 35.5. The normalized spacial score (nSPS) is 27.2. The molecule has 2 fully saturated rings.